The van der Waals surface area contributed by atoms with Crippen LogP contribution < -0.4 is 5.32 Å². The molecule has 0 spiro atoms. The molecule has 0 bridgehead atoms. The quantitative estimate of drug-likeness (QED) is 0.941. The van der Waals surface area contributed by atoms with E-state index in [1.54, 1.807) is 4.90 Å². The van der Waals surface area contributed by atoms with Crippen LogP contribution in [0.4, 0.5) is 0 Å². The summed E-state index contributed by atoms with van der Waals surface area (Å²) in [5.41, 5.74) is 1.41. The number of amides is 1. The minimum absolute atomic E-state index is 0.155. The van der Waals surface area contributed by atoms with Crippen LogP contribution in [0.3, 0.4) is 0 Å². The van der Waals surface area contributed by atoms with E-state index < -0.39 is 5.41 Å². The van der Waals surface area contributed by atoms with Crippen molar-refractivity contribution in [2.24, 2.45) is 5.41 Å². The number of nitrogens with one attached hydrogen (secondary N) is 1. The van der Waals surface area contributed by atoms with Gasteiger partial charge in [-0.1, -0.05) is 35.5 Å². The normalized spacial score (nSPS) is 21.1. The average Bonchev–Trinajstić information content (AvgIpc) is 3.04. The van der Waals surface area contributed by atoms with E-state index in [-0.39, 0.29) is 5.91 Å². The Morgan fingerprint density at radius 3 is 2.78 bits per heavy atom. The van der Waals surface area contributed by atoms with Gasteiger partial charge in [-0.25, -0.2) is 0 Å². The number of piperidine rings is 1. The molecule has 1 fully saturated rings. The highest BCUT2D eigenvalue weighted by Crippen LogP contribution is 2.33. The maximum Gasteiger partial charge on any atom is 0.230 e. The lowest BCUT2D eigenvalue weighted by atomic mass is 9.76. The molecule has 2 aromatic rings. The van der Waals surface area contributed by atoms with Crippen molar-refractivity contribution in [1.82, 2.24) is 15.4 Å². The smallest absolute Gasteiger partial charge is 0.230 e. The predicted octanol–water partition coefficient (Wildman–Crippen LogP) is 2.34. The Kier molecular flexibility index (Phi) is 4.48. The lowest BCUT2D eigenvalue weighted by Crippen LogP contribution is -2.51. The molecular weight excluding hydrogens is 290 g/mol. The fourth-order valence-corrected chi connectivity index (χ4v) is 3.33. The Morgan fingerprint density at radius 2 is 2.13 bits per heavy atom. The third-order valence-electron chi connectivity index (χ3n) is 4.47. The number of benzene rings is 1. The Balaban J connectivity index is 1.83. The number of carbonyl (C=O) groups is 1. The Morgan fingerprint density at radius 1 is 1.35 bits per heavy atom. The van der Waals surface area contributed by atoms with E-state index in [9.17, 15) is 4.79 Å². The first-order chi connectivity index (χ1) is 11.1. The Labute approximate surface area is 136 Å². The monoisotopic (exact) mass is 313 g/mol. The van der Waals surface area contributed by atoms with Gasteiger partial charge in [-0.05, 0) is 19.4 Å². The summed E-state index contributed by atoms with van der Waals surface area (Å²) in [4.78, 5) is 14.4. The molecule has 1 aromatic carbocycles. The summed E-state index contributed by atoms with van der Waals surface area (Å²) in [5, 5.41) is 7.53. The van der Waals surface area contributed by atoms with Crippen molar-refractivity contribution in [1.29, 1.82) is 0 Å². The van der Waals surface area contributed by atoms with E-state index in [2.05, 4.69) is 10.5 Å². The van der Waals surface area contributed by atoms with E-state index in [1.807, 2.05) is 50.5 Å². The number of carbonyl (C=O) groups excluding carboxylic acids is 1. The van der Waals surface area contributed by atoms with Crippen molar-refractivity contribution in [2.45, 2.75) is 19.3 Å². The zero-order valence-corrected chi connectivity index (χ0v) is 13.7. The zero-order chi connectivity index (χ0) is 16.3. The van der Waals surface area contributed by atoms with Crippen molar-refractivity contribution >= 4 is 5.91 Å². The lowest BCUT2D eigenvalue weighted by molar-refractivity contribution is -0.140. The van der Waals surface area contributed by atoms with Crippen LogP contribution in [-0.2, 0) is 11.2 Å². The zero-order valence-electron chi connectivity index (χ0n) is 13.7. The lowest BCUT2D eigenvalue weighted by Gasteiger charge is -2.37. The van der Waals surface area contributed by atoms with E-state index in [4.69, 9.17) is 4.52 Å². The molecule has 1 aliphatic rings. The predicted molar refractivity (Wildman–Crippen MR) is 88.9 cm³/mol. The first-order valence-corrected chi connectivity index (χ1v) is 8.04. The van der Waals surface area contributed by atoms with E-state index in [0.717, 1.165) is 36.4 Å². The molecule has 122 valence electrons. The van der Waals surface area contributed by atoms with Crippen molar-refractivity contribution in [2.75, 3.05) is 27.2 Å². The Hall–Kier alpha value is -2.14. The third-order valence-corrected chi connectivity index (χ3v) is 4.47. The first-order valence-electron chi connectivity index (χ1n) is 8.04. The van der Waals surface area contributed by atoms with Crippen LogP contribution in [0, 0.1) is 5.41 Å². The van der Waals surface area contributed by atoms with Crippen LogP contribution in [0.25, 0.3) is 11.3 Å². The average molecular weight is 313 g/mol. The van der Waals surface area contributed by atoms with Gasteiger partial charge in [-0.15, -0.1) is 0 Å². The number of hydrogen-bond acceptors (Lipinski definition) is 4. The second-order valence-corrected chi connectivity index (χ2v) is 6.48. The largest absolute Gasteiger partial charge is 0.361 e. The second-order valence-electron chi connectivity index (χ2n) is 6.48. The maximum atomic E-state index is 12.7. The van der Waals surface area contributed by atoms with Crippen molar-refractivity contribution in [3.63, 3.8) is 0 Å². The first kappa shape index (κ1) is 15.7. The van der Waals surface area contributed by atoms with Crippen molar-refractivity contribution in [3.8, 4) is 11.3 Å². The molecule has 0 saturated carbocycles. The van der Waals surface area contributed by atoms with Crippen molar-refractivity contribution < 1.29 is 9.32 Å². The van der Waals surface area contributed by atoms with Gasteiger partial charge in [0.05, 0.1) is 5.41 Å². The topological polar surface area (TPSA) is 58.4 Å². The second kappa shape index (κ2) is 6.54. The molecule has 2 heterocycles. The summed E-state index contributed by atoms with van der Waals surface area (Å²) in [7, 11) is 3.63. The van der Waals surface area contributed by atoms with Crippen LogP contribution >= 0.6 is 0 Å². The summed E-state index contributed by atoms with van der Waals surface area (Å²) >= 11 is 0. The van der Waals surface area contributed by atoms with Gasteiger partial charge < -0.3 is 14.7 Å². The molecule has 5 heteroatoms. The number of aromatic nitrogens is 1. The van der Waals surface area contributed by atoms with Gasteiger partial charge in [0.15, 0.2) is 0 Å². The summed E-state index contributed by atoms with van der Waals surface area (Å²) in [6.45, 7) is 1.65. The van der Waals surface area contributed by atoms with Crippen LogP contribution in [0.5, 0.6) is 0 Å². The molecule has 23 heavy (non-hydrogen) atoms. The molecule has 5 nitrogen and oxygen atoms in total. The minimum atomic E-state index is -0.435. The maximum absolute atomic E-state index is 12.7. The summed E-state index contributed by atoms with van der Waals surface area (Å²) < 4.78 is 5.53. The highest BCUT2D eigenvalue weighted by molar-refractivity contribution is 5.83. The standard InChI is InChI=1S/C18H23N3O2/c1-21(2)17(22)18(9-6-10-19-13-18)12-15-11-16(20-23-15)14-7-4-3-5-8-14/h3-5,7-8,11,19H,6,9-10,12-13H2,1-2H3. The molecule has 1 amide bonds. The van der Waals surface area contributed by atoms with Gasteiger partial charge in [-0.3, -0.25) is 4.79 Å². The van der Waals surface area contributed by atoms with Crippen LogP contribution in [0.1, 0.15) is 18.6 Å². The molecule has 1 N–H and O–H groups in total. The third kappa shape index (κ3) is 3.29. The van der Waals surface area contributed by atoms with Gasteiger partial charge in [0, 0.05) is 38.7 Å². The number of hydrogen-bond donors (Lipinski definition) is 1. The van der Waals surface area contributed by atoms with Gasteiger partial charge >= 0.3 is 0 Å². The molecule has 1 aromatic heterocycles. The summed E-state index contributed by atoms with van der Waals surface area (Å²) in [6.07, 6.45) is 2.45. The SMILES string of the molecule is CN(C)C(=O)C1(Cc2cc(-c3ccccc3)no2)CCCNC1. The van der Waals surface area contributed by atoms with Gasteiger partial charge in [0.2, 0.25) is 5.91 Å². The van der Waals surface area contributed by atoms with E-state index in [0.29, 0.717) is 13.0 Å². The molecule has 1 atom stereocenters. The van der Waals surface area contributed by atoms with Gasteiger partial charge in [0.25, 0.3) is 0 Å². The summed E-state index contributed by atoms with van der Waals surface area (Å²) in [5.74, 6) is 0.921. The number of rotatable bonds is 4. The van der Waals surface area contributed by atoms with Crippen molar-refractivity contribution in [3.05, 3.63) is 42.2 Å². The Bertz CT molecular complexity index is 658. The molecule has 1 aliphatic heterocycles. The fourth-order valence-electron chi connectivity index (χ4n) is 3.33. The molecule has 1 unspecified atom stereocenters. The minimum Gasteiger partial charge on any atom is -0.361 e. The fraction of sp³-hybridized carbons (Fsp3) is 0.444. The number of nitrogens with zero attached hydrogens (tertiary/aromatic N) is 2. The molecule has 3 rings (SSSR count). The van der Waals surface area contributed by atoms with Crippen LogP contribution in [0.2, 0.25) is 0 Å². The molecule has 0 aliphatic carbocycles. The van der Waals surface area contributed by atoms with E-state index in [1.165, 1.54) is 0 Å². The summed E-state index contributed by atoms with van der Waals surface area (Å²) in [6, 6.07) is 11.9. The highest BCUT2D eigenvalue weighted by atomic mass is 16.5. The van der Waals surface area contributed by atoms with Gasteiger partial charge in [-0.2, -0.15) is 0 Å². The van der Waals surface area contributed by atoms with Crippen LogP contribution in [0.15, 0.2) is 40.9 Å². The molecule has 1 saturated heterocycles. The molecular formula is C18H23N3O2. The van der Waals surface area contributed by atoms with E-state index >= 15 is 0 Å². The van der Waals surface area contributed by atoms with Gasteiger partial charge in [0.1, 0.15) is 11.5 Å². The van der Waals surface area contributed by atoms with Crippen LogP contribution in [-0.4, -0.2) is 43.1 Å². The molecule has 0 radical (unpaired) electrons. The highest BCUT2D eigenvalue weighted by Gasteiger charge is 2.41.